The highest BCUT2D eigenvalue weighted by Gasteiger charge is 2.38. The second kappa shape index (κ2) is 19.2. The molecule has 0 aromatic rings. The molecule has 1 saturated heterocycles. The van der Waals surface area contributed by atoms with Crippen molar-refractivity contribution in [3.8, 4) is 0 Å². The van der Waals surface area contributed by atoms with E-state index in [-0.39, 0.29) is 13.2 Å². The number of unbranched alkanes of at least 4 members (excludes halogenated alkanes) is 13. The van der Waals surface area contributed by atoms with Crippen LogP contribution in [0.5, 0.6) is 0 Å². The second-order valence-corrected chi connectivity index (χ2v) is 8.74. The predicted octanol–water partition coefficient (Wildman–Crippen LogP) is 4.91. The van der Waals surface area contributed by atoms with Crippen molar-refractivity contribution in [1.82, 2.24) is 0 Å². The number of rotatable bonds is 19. The van der Waals surface area contributed by atoms with Gasteiger partial charge in [-0.15, -0.1) is 0 Å². The highest BCUT2D eigenvalue weighted by molar-refractivity contribution is 4.87. The number of hydrogen-bond acceptors (Lipinski definition) is 5. The zero-order chi connectivity index (χ0) is 21.9. The topological polar surface area (TPSA) is 79.2 Å². The first-order chi connectivity index (χ1) is 14.7. The summed E-state index contributed by atoms with van der Waals surface area (Å²) in [5.74, 6) is 0. The Morgan fingerprint density at radius 2 is 1.30 bits per heavy atom. The Morgan fingerprint density at radius 1 is 0.767 bits per heavy atom. The van der Waals surface area contributed by atoms with Gasteiger partial charge < -0.3 is 24.8 Å². The summed E-state index contributed by atoms with van der Waals surface area (Å²) < 4.78 is 11.0. The van der Waals surface area contributed by atoms with Crippen molar-refractivity contribution in [2.75, 3.05) is 19.8 Å². The Hall–Kier alpha value is -0.460. The van der Waals surface area contributed by atoms with Crippen molar-refractivity contribution >= 4 is 0 Å². The number of allylic oxidation sites excluding steroid dienone is 2. The van der Waals surface area contributed by atoms with E-state index in [4.69, 9.17) is 14.6 Å². The van der Waals surface area contributed by atoms with Crippen LogP contribution in [0.2, 0.25) is 0 Å². The lowest BCUT2D eigenvalue weighted by Crippen LogP contribution is -2.55. The summed E-state index contributed by atoms with van der Waals surface area (Å²) in [5, 5.41) is 28.9. The van der Waals surface area contributed by atoms with Crippen LogP contribution in [-0.2, 0) is 9.47 Å². The standard InChI is InChI=1S/C25H48O5/c1-2-3-4-5-6-7-8-9-10-11-12-13-14-15-16-17-18-19-29-23-21-30-22(20-26)24(27)25(23)28/h6-7,22-28H,2-5,8-21H2,1H3/b7-6+/t22-,23+,24-,25-/m0/s1. The molecule has 0 radical (unpaired) electrons. The molecule has 1 aliphatic heterocycles. The normalized spacial score (nSPS) is 24.7. The predicted molar refractivity (Wildman–Crippen MR) is 123 cm³/mol. The fourth-order valence-electron chi connectivity index (χ4n) is 3.92. The van der Waals surface area contributed by atoms with Gasteiger partial charge in [0.15, 0.2) is 0 Å². The minimum Gasteiger partial charge on any atom is -0.394 e. The summed E-state index contributed by atoms with van der Waals surface area (Å²) in [5.41, 5.74) is 0. The van der Waals surface area contributed by atoms with Crippen LogP contribution >= 0.6 is 0 Å². The lowest BCUT2D eigenvalue weighted by molar-refractivity contribution is -0.208. The van der Waals surface area contributed by atoms with Gasteiger partial charge in [0.05, 0.1) is 13.2 Å². The van der Waals surface area contributed by atoms with E-state index in [9.17, 15) is 10.2 Å². The molecule has 0 amide bonds. The first kappa shape index (κ1) is 27.6. The molecule has 0 bridgehead atoms. The maximum Gasteiger partial charge on any atom is 0.111 e. The third kappa shape index (κ3) is 13.1. The molecule has 1 fully saturated rings. The van der Waals surface area contributed by atoms with Crippen LogP contribution in [-0.4, -0.2) is 59.6 Å². The van der Waals surface area contributed by atoms with Gasteiger partial charge in [0, 0.05) is 6.61 Å². The van der Waals surface area contributed by atoms with Gasteiger partial charge in [0.2, 0.25) is 0 Å². The average molecular weight is 429 g/mol. The summed E-state index contributed by atoms with van der Waals surface area (Å²) in [7, 11) is 0. The molecular formula is C25H48O5. The van der Waals surface area contributed by atoms with Gasteiger partial charge in [-0.05, 0) is 32.1 Å². The summed E-state index contributed by atoms with van der Waals surface area (Å²) in [6.07, 6.45) is 20.7. The summed E-state index contributed by atoms with van der Waals surface area (Å²) in [4.78, 5) is 0. The molecule has 0 unspecified atom stereocenters. The molecule has 0 aliphatic carbocycles. The molecule has 1 heterocycles. The van der Waals surface area contributed by atoms with Crippen molar-refractivity contribution in [3.63, 3.8) is 0 Å². The highest BCUT2D eigenvalue weighted by atomic mass is 16.6. The van der Waals surface area contributed by atoms with E-state index in [2.05, 4.69) is 19.1 Å². The SMILES string of the molecule is CCCCC/C=C/CCCCCCCCCCCCO[C@@H]1CO[C@@H](CO)[C@H](O)[C@H]1O. The van der Waals surface area contributed by atoms with Gasteiger partial charge in [0.25, 0.3) is 0 Å². The van der Waals surface area contributed by atoms with Crippen LogP contribution in [0.25, 0.3) is 0 Å². The van der Waals surface area contributed by atoms with E-state index in [1.165, 1.54) is 83.5 Å². The van der Waals surface area contributed by atoms with Crippen molar-refractivity contribution in [2.45, 2.75) is 128 Å². The Labute approximate surface area is 184 Å². The fourth-order valence-corrected chi connectivity index (χ4v) is 3.92. The van der Waals surface area contributed by atoms with E-state index in [0.717, 1.165) is 12.8 Å². The molecule has 3 N–H and O–H groups in total. The van der Waals surface area contributed by atoms with Crippen molar-refractivity contribution in [2.24, 2.45) is 0 Å². The van der Waals surface area contributed by atoms with Crippen LogP contribution in [0, 0.1) is 0 Å². The van der Waals surface area contributed by atoms with E-state index < -0.39 is 24.4 Å². The summed E-state index contributed by atoms with van der Waals surface area (Å²) in [6, 6.07) is 0. The molecule has 0 aromatic heterocycles. The van der Waals surface area contributed by atoms with Crippen molar-refractivity contribution in [1.29, 1.82) is 0 Å². The molecular weight excluding hydrogens is 380 g/mol. The van der Waals surface area contributed by atoms with Crippen LogP contribution in [0.15, 0.2) is 12.2 Å². The molecule has 4 atom stereocenters. The summed E-state index contributed by atoms with van der Waals surface area (Å²) >= 11 is 0. The van der Waals surface area contributed by atoms with Crippen LogP contribution < -0.4 is 0 Å². The zero-order valence-electron chi connectivity index (χ0n) is 19.4. The third-order valence-corrected chi connectivity index (χ3v) is 6.00. The molecule has 0 aromatic carbocycles. The highest BCUT2D eigenvalue weighted by Crippen LogP contribution is 2.18. The second-order valence-electron chi connectivity index (χ2n) is 8.74. The van der Waals surface area contributed by atoms with Gasteiger partial charge >= 0.3 is 0 Å². The first-order valence-corrected chi connectivity index (χ1v) is 12.6. The van der Waals surface area contributed by atoms with Crippen LogP contribution in [0.3, 0.4) is 0 Å². The molecule has 30 heavy (non-hydrogen) atoms. The molecule has 1 aliphatic rings. The van der Waals surface area contributed by atoms with E-state index in [0.29, 0.717) is 6.61 Å². The van der Waals surface area contributed by atoms with Crippen molar-refractivity contribution < 1.29 is 24.8 Å². The minimum atomic E-state index is -1.08. The monoisotopic (exact) mass is 428 g/mol. The molecule has 0 saturated carbocycles. The van der Waals surface area contributed by atoms with E-state index >= 15 is 0 Å². The lowest BCUT2D eigenvalue weighted by atomic mass is 10.0. The van der Waals surface area contributed by atoms with Gasteiger partial charge in [-0.2, -0.15) is 0 Å². The smallest absolute Gasteiger partial charge is 0.111 e. The zero-order valence-corrected chi connectivity index (χ0v) is 19.4. The largest absolute Gasteiger partial charge is 0.394 e. The van der Waals surface area contributed by atoms with Crippen LogP contribution in [0.4, 0.5) is 0 Å². The number of aliphatic hydroxyl groups is 3. The maximum absolute atomic E-state index is 10.0. The van der Waals surface area contributed by atoms with Crippen LogP contribution in [0.1, 0.15) is 103 Å². The number of ether oxygens (including phenoxy) is 2. The lowest BCUT2D eigenvalue weighted by Gasteiger charge is -2.36. The van der Waals surface area contributed by atoms with Gasteiger partial charge in [0.1, 0.15) is 24.4 Å². The Bertz CT molecular complexity index is 401. The quantitative estimate of drug-likeness (QED) is 0.201. The van der Waals surface area contributed by atoms with E-state index in [1.54, 1.807) is 0 Å². The van der Waals surface area contributed by atoms with Gasteiger partial charge in [-0.1, -0.05) is 83.3 Å². The first-order valence-electron chi connectivity index (χ1n) is 12.6. The molecule has 5 heteroatoms. The van der Waals surface area contributed by atoms with Gasteiger partial charge in [-0.3, -0.25) is 0 Å². The minimum absolute atomic E-state index is 0.221. The Morgan fingerprint density at radius 3 is 1.87 bits per heavy atom. The fraction of sp³-hybridized carbons (Fsp3) is 0.920. The molecule has 5 nitrogen and oxygen atoms in total. The average Bonchev–Trinajstić information content (AvgIpc) is 2.75. The Kier molecular flexibility index (Phi) is 17.7. The summed E-state index contributed by atoms with van der Waals surface area (Å²) in [6.45, 7) is 2.76. The molecule has 0 spiro atoms. The molecule has 1 rings (SSSR count). The van der Waals surface area contributed by atoms with Crippen molar-refractivity contribution in [3.05, 3.63) is 12.2 Å². The number of aliphatic hydroxyl groups excluding tert-OH is 3. The molecule has 178 valence electrons. The third-order valence-electron chi connectivity index (χ3n) is 6.00. The van der Waals surface area contributed by atoms with E-state index in [1.807, 2.05) is 0 Å². The van der Waals surface area contributed by atoms with Gasteiger partial charge in [-0.25, -0.2) is 0 Å². The Balaban J connectivity index is 1.81. The number of hydrogen-bond donors (Lipinski definition) is 3. The maximum atomic E-state index is 10.0.